The van der Waals surface area contributed by atoms with E-state index in [1.54, 1.807) is 6.20 Å². The lowest BCUT2D eigenvalue weighted by Crippen LogP contribution is -2.05. The summed E-state index contributed by atoms with van der Waals surface area (Å²) in [6, 6.07) is 1.98. The number of hydrogen-bond acceptors (Lipinski definition) is 3. The van der Waals surface area contributed by atoms with Gasteiger partial charge in [0.05, 0.1) is 17.6 Å². The third kappa shape index (κ3) is 4.19. The highest BCUT2D eigenvalue weighted by molar-refractivity contribution is 5.66. The molecule has 0 amide bonds. The number of pyridine rings is 1. The first kappa shape index (κ1) is 11.8. The number of nitrogens with zero attached hydrogens (tertiary/aromatic N) is 1. The fraction of sp³-hybridized carbons (Fsp3) is 0.583. The molecule has 0 unspecified atom stereocenters. The van der Waals surface area contributed by atoms with Crippen molar-refractivity contribution in [3.63, 3.8) is 0 Å². The Bertz CT molecular complexity index is 284. The summed E-state index contributed by atoms with van der Waals surface area (Å²) in [4.78, 5) is 4.10. The third-order valence-electron chi connectivity index (χ3n) is 2.36. The van der Waals surface area contributed by atoms with E-state index in [1.165, 1.54) is 12.8 Å². The average molecular weight is 207 g/mol. The van der Waals surface area contributed by atoms with Crippen molar-refractivity contribution in [2.75, 3.05) is 24.2 Å². The molecule has 0 aliphatic rings. The minimum atomic E-state index is 0.782. The second-order valence-corrected chi connectivity index (χ2v) is 4.13. The number of rotatable bonds is 6. The molecule has 1 aromatic heterocycles. The molecule has 0 aliphatic carbocycles. The molecule has 3 nitrogen and oxygen atoms in total. The molecule has 0 bridgehead atoms. The summed E-state index contributed by atoms with van der Waals surface area (Å²) in [6.07, 6.45) is 6.13. The van der Waals surface area contributed by atoms with Crippen molar-refractivity contribution >= 4 is 11.4 Å². The van der Waals surface area contributed by atoms with Crippen molar-refractivity contribution in [1.82, 2.24) is 4.98 Å². The normalized spacial score (nSPS) is 10.4. The summed E-state index contributed by atoms with van der Waals surface area (Å²) in [6.45, 7) is 5.52. The maximum Gasteiger partial charge on any atom is 0.0762 e. The predicted octanol–water partition coefficient (Wildman–Crippen LogP) is 2.97. The average Bonchev–Trinajstić information content (AvgIpc) is 2.24. The lowest BCUT2D eigenvalue weighted by Gasteiger charge is -2.11. The summed E-state index contributed by atoms with van der Waals surface area (Å²) in [5, 5.41) is 6.54. The predicted molar refractivity (Wildman–Crippen MR) is 66.3 cm³/mol. The zero-order valence-electron chi connectivity index (χ0n) is 9.88. The Balaban J connectivity index is 2.36. The molecule has 2 N–H and O–H groups in total. The molecule has 0 saturated carbocycles. The van der Waals surface area contributed by atoms with Crippen LogP contribution in [-0.4, -0.2) is 18.6 Å². The van der Waals surface area contributed by atoms with E-state index < -0.39 is 0 Å². The van der Waals surface area contributed by atoms with Crippen molar-refractivity contribution < 1.29 is 0 Å². The van der Waals surface area contributed by atoms with Crippen molar-refractivity contribution in [2.24, 2.45) is 5.92 Å². The van der Waals surface area contributed by atoms with Crippen molar-refractivity contribution in [3.8, 4) is 0 Å². The summed E-state index contributed by atoms with van der Waals surface area (Å²) in [5.74, 6) is 0.782. The highest BCUT2D eigenvalue weighted by Crippen LogP contribution is 2.18. The van der Waals surface area contributed by atoms with Gasteiger partial charge in [0.25, 0.3) is 0 Å². The lowest BCUT2D eigenvalue weighted by atomic mass is 10.1. The molecule has 0 atom stereocenters. The monoisotopic (exact) mass is 207 g/mol. The van der Waals surface area contributed by atoms with Crippen molar-refractivity contribution in [1.29, 1.82) is 0 Å². The Morgan fingerprint density at radius 1 is 1.33 bits per heavy atom. The highest BCUT2D eigenvalue weighted by Gasteiger charge is 1.99. The van der Waals surface area contributed by atoms with E-state index in [2.05, 4.69) is 29.5 Å². The first-order chi connectivity index (χ1) is 7.24. The fourth-order valence-electron chi connectivity index (χ4n) is 1.49. The molecule has 0 aromatic carbocycles. The smallest absolute Gasteiger partial charge is 0.0762 e. The van der Waals surface area contributed by atoms with Gasteiger partial charge in [0, 0.05) is 19.8 Å². The molecule has 3 heteroatoms. The second-order valence-electron chi connectivity index (χ2n) is 4.13. The molecule has 0 fully saturated rings. The molecule has 15 heavy (non-hydrogen) atoms. The molecule has 84 valence electrons. The van der Waals surface area contributed by atoms with Crippen molar-refractivity contribution in [3.05, 3.63) is 18.5 Å². The number of anilines is 2. The Kier molecular flexibility index (Phi) is 4.95. The van der Waals surface area contributed by atoms with Gasteiger partial charge in [0.2, 0.25) is 0 Å². The van der Waals surface area contributed by atoms with Gasteiger partial charge >= 0.3 is 0 Å². The van der Waals surface area contributed by atoms with Gasteiger partial charge in [-0.2, -0.15) is 0 Å². The summed E-state index contributed by atoms with van der Waals surface area (Å²) >= 11 is 0. The number of hydrogen-bond donors (Lipinski definition) is 2. The van der Waals surface area contributed by atoms with Gasteiger partial charge in [0.1, 0.15) is 0 Å². The van der Waals surface area contributed by atoms with Crippen LogP contribution in [-0.2, 0) is 0 Å². The van der Waals surface area contributed by atoms with Gasteiger partial charge in [-0.05, 0) is 24.8 Å². The van der Waals surface area contributed by atoms with E-state index in [0.717, 1.165) is 23.8 Å². The largest absolute Gasteiger partial charge is 0.386 e. The van der Waals surface area contributed by atoms with E-state index in [1.807, 2.05) is 19.3 Å². The van der Waals surface area contributed by atoms with E-state index in [-0.39, 0.29) is 0 Å². The Hall–Kier alpha value is -1.25. The molecular weight excluding hydrogens is 186 g/mol. The van der Waals surface area contributed by atoms with Crippen LogP contribution in [0.15, 0.2) is 18.5 Å². The van der Waals surface area contributed by atoms with Gasteiger partial charge < -0.3 is 10.6 Å². The van der Waals surface area contributed by atoms with Crippen LogP contribution in [0.3, 0.4) is 0 Å². The van der Waals surface area contributed by atoms with Crippen LogP contribution in [0.2, 0.25) is 0 Å². The third-order valence-corrected chi connectivity index (χ3v) is 2.36. The van der Waals surface area contributed by atoms with Crippen molar-refractivity contribution in [2.45, 2.75) is 26.7 Å². The van der Waals surface area contributed by atoms with Crippen LogP contribution in [0.4, 0.5) is 11.4 Å². The van der Waals surface area contributed by atoms with E-state index >= 15 is 0 Å². The zero-order chi connectivity index (χ0) is 11.1. The molecular formula is C12H21N3. The van der Waals surface area contributed by atoms with Crippen LogP contribution in [0.1, 0.15) is 26.7 Å². The maximum atomic E-state index is 4.10. The van der Waals surface area contributed by atoms with Gasteiger partial charge in [0.15, 0.2) is 0 Å². The molecule has 0 radical (unpaired) electrons. The van der Waals surface area contributed by atoms with Crippen LogP contribution in [0.25, 0.3) is 0 Å². The van der Waals surface area contributed by atoms with Crippen LogP contribution < -0.4 is 10.6 Å². The minimum Gasteiger partial charge on any atom is -0.386 e. The quantitative estimate of drug-likeness (QED) is 0.704. The van der Waals surface area contributed by atoms with Gasteiger partial charge in [-0.15, -0.1) is 0 Å². The Morgan fingerprint density at radius 2 is 2.13 bits per heavy atom. The molecule has 0 spiro atoms. The highest BCUT2D eigenvalue weighted by atomic mass is 14.9. The lowest BCUT2D eigenvalue weighted by molar-refractivity contribution is 0.567. The van der Waals surface area contributed by atoms with Gasteiger partial charge in [-0.25, -0.2) is 0 Å². The first-order valence-corrected chi connectivity index (χ1v) is 5.59. The molecule has 1 rings (SSSR count). The van der Waals surface area contributed by atoms with Gasteiger partial charge in [-0.3, -0.25) is 4.98 Å². The standard InChI is InChI=1S/C12H21N3/c1-10(2)5-4-7-15-12-9-14-8-6-11(12)13-3/h6,8-10,15H,4-5,7H2,1-3H3,(H,13,14). The first-order valence-electron chi connectivity index (χ1n) is 5.59. The molecule has 1 heterocycles. The van der Waals surface area contributed by atoms with E-state index in [4.69, 9.17) is 0 Å². The second kappa shape index (κ2) is 6.27. The molecule has 0 saturated heterocycles. The van der Waals surface area contributed by atoms with E-state index in [9.17, 15) is 0 Å². The van der Waals surface area contributed by atoms with E-state index in [0.29, 0.717) is 0 Å². The van der Waals surface area contributed by atoms with Crippen LogP contribution in [0, 0.1) is 5.92 Å². The molecule has 1 aromatic rings. The number of nitrogens with one attached hydrogen (secondary N) is 2. The zero-order valence-corrected chi connectivity index (χ0v) is 9.88. The maximum absolute atomic E-state index is 4.10. The van der Waals surface area contributed by atoms with Crippen LogP contribution in [0.5, 0.6) is 0 Å². The summed E-state index contributed by atoms with van der Waals surface area (Å²) in [7, 11) is 1.93. The number of aromatic nitrogens is 1. The summed E-state index contributed by atoms with van der Waals surface area (Å²) in [5.41, 5.74) is 2.19. The Morgan fingerprint density at radius 3 is 2.80 bits per heavy atom. The minimum absolute atomic E-state index is 0.782. The summed E-state index contributed by atoms with van der Waals surface area (Å²) < 4.78 is 0. The molecule has 0 aliphatic heterocycles. The topological polar surface area (TPSA) is 37.0 Å². The Labute approximate surface area is 92.3 Å². The van der Waals surface area contributed by atoms with Crippen LogP contribution >= 0.6 is 0 Å². The SMILES string of the molecule is CNc1ccncc1NCCCC(C)C. The van der Waals surface area contributed by atoms with Gasteiger partial charge in [-0.1, -0.05) is 13.8 Å². The fourth-order valence-corrected chi connectivity index (χ4v) is 1.49.